The van der Waals surface area contributed by atoms with E-state index in [1.54, 1.807) is 17.0 Å². The maximum atomic E-state index is 12.7. The van der Waals surface area contributed by atoms with Gasteiger partial charge < -0.3 is 9.64 Å². The van der Waals surface area contributed by atoms with Crippen LogP contribution in [0.3, 0.4) is 0 Å². The second-order valence-electron chi connectivity index (χ2n) is 6.17. The largest absolute Gasteiger partial charge is 0.368 e. The molecule has 3 rings (SSSR count). The second-order valence-corrected chi connectivity index (χ2v) is 8.32. The van der Waals surface area contributed by atoms with Crippen LogP contribution >= 0.6 is 0 Å². The van der Waals surface area contributed by atoms with Crippen molar-refractivity contribution in [3.05, 3.63) is 23.8 Å². The molecule has 1 atom stereocenters. The van der Waals surface area contributed by atoms with Gasteiger partial charge in [0, 0.05) is 32.9 Å². The van der Waals surface area contributed by atoms with E-state index in [0.29, 0.717) is 18.8 Å². The number of benzene rings is 1. The number of hydrogen-bond donors (Lipinski definition) is 0. The Bertz CT molecular complexity index is 709. The van der Waals surface area contributed by atoms with Gasteiger partial charge in [-0.3, -0.25) is 4.79 Å². The van der Waals surface area contributed by atoms with Crippen LogP contribution < -0.4 is 4.90 Å². The summed E-state index contributed by atoms with van der Waals surface area (Å²) in [6, 6.07) is 5.06. The monoisotopic (exact) mass is 338 g/mol. The number of fused-ring (bicyclic) bond motifs is 1. The molecular formula is C16H22N2O4S. The number of sulfonamides is 1. The number of nitrogens with zero attached hydrogens (tertiary/aromatic N) is 2. The summed E-state index contributed by atoms with van der Waals surface area (Å²) < 4.78 is 31.4. The normalized spacial score (nSPS) is 21.5. The first-order valence-corrected chi connectivity index (χ1v) is 9.33. The third kappa shape index (κ3) is 3.00. The van der Waals surface area contributed by atoms with Crippen LogP contribution in [0.15, 0.2) is 23.1 Å². The summed E-state index contributed by atoms with van der Waals surface area (Å²) in [6.07, 6.45) is 2.97. The molecule has 1 aromatic rings. The number of aryl methyl sites for hydroxylation is 1. The summed E-state index contributed by atoms with van der Waals surface area (Å²) in [6.45, 7) is 1.23. The highest BCUT2D eigenvalue weighted by Crippen LogP contribution is 2.32. The highest BCUT2D eigenvalue weighted by atomic mass is 32.2. The molecule has 23 heavy (non-hydrogen) atoms. The maximum absolute atomic E-state index is 12.7. The van der Waals surface area contributed by atoms with Crippen molar-refractivity contribution >= 4 is 21.6 Å². The van der Waals surface area contributed by atoms with Crippen LogP contribution in [0.4, 0.5) is 5.69 Å². The number of anilines is 1. The molecule has 2 heterocycles. The van der Waals surface area contributed by atoms with Crippen LogP contribution in [-0.4, -0.2) is 52.0 Å². The van der Waals surface area contributed by atoms with Gasteiger partial charge in [0.2, 0.25) is 10.0 Å². The van der Waals surface area contributed by atoms with Crippen LogP contribution in [0.2, 0.25) is 0 Å². The molecule has 1 amide bonds. The van der Waals surface area contributed by atoms with Crippen molar-refractivity contribution in [1.29, 1.82) is 0 Å². The summed E-state index contributed by atoms with van der Waals surface area (Å²) in [5.74, 6) is -0.0529. The van der Waals surface area contributed by atoms with E-state index in [4.69, 9.17) is 4.74 Å². The summed E-state index contributed by atoms with van der Waals surface area (Å²) in [7, 11) is -0.506. The van der Waals surface area contributed by atoms with Crippen molar-refractivity contribution < 1.29 is 17.9 Å². The van der Waals surface area contributed by atoms with E-state index >= 15 is 0 Å². The maximum Gasteiger partial charge on any atom is 0.256 e. The third-order valence-electron chi connectivity index (χ3n) is 4.43. The Labute approximate surface area is 137 Å². The molecule has 0 saturated carbocycles. The van der Waals surface area contributed by atoms with E-state index in [1.165, 1.54) is 18.4 Å². The van der Waals surface area contributed by atoms with Gasteiger partial charge in [0.05, 0.1) is 4.90 Å². The van der Waals surface area contributed by atoms with Gasteiger partial charge in [-0.25, -0.2) is 12.7 Å². The topological polar surface area (TPSA) is 66.9 Å². The summed E-state index contributed by atoms with van der Waals surface area (Å²) >= 11 is 0. The first-order chi connectivity index (χ1) is 10.9. The predicted molar refractivity (Wildman–Crippen MR) is 87.0 cm³/mol. The van der Waals surface area contributed by atoms with Crippen LogP contribution in [0.1, 0.15) is 24.8 Å². The van der Waals surface area contributed by atoms with E-state index < -0.39 is 16.1 Å². The van der Waals surface area contributed by atoms with Crippen LogP contribution in [0, 0.1) is 0 Å². The number of amides is 1. The Kier molecular flexibility index (Phi) is 4.44. The summed E-state index contributed by atoms with van der Waals surface area (Å²) in [5.41, 5.74) is 1.72. The molecule has 0 unspecified atom stereocenters. The molecule has 7 heteroatoms. The number of carbonyl (C=O) groups excluding carboxylic acids is 1. The number of hydrogen-bond acceptors (Lipinski definition) is 4. The molecule has 126 valence electrons. The molecule has 1 aromatic carbocycles. The van der Waals surface area contributed by atoms with Gasteiger partial charge in [-0.2, -0.15) is 0 Å². The average molecular weight is 338 g/mol. The van der Waals surface area contributed by atoms with Gasteiger partial charge >= 0.3 is 0 Å². The van der Waals surface area contributed by atoms with Crippen molar-refractivity contribution in [2.75, 3.05) is 32.1 Å². The molecule has 1 saturated heterocycles. The van der Waals surface area contributed by atoms with Crippen molar-refractivity contribution in [2.24, 2.45) is 0 Å². The van der Waals surface area contributed by atoms with E-state index in [2.05, 4.69) is 0 Å². The summed E-state index contributed by atoms with van der Waals surface area (Å²) in [4.78, 5) is 14.6. The van der Waals surface area contributed by atoms with Crippen LogP contribution in [0.25, 0.3) is 0 Å². The fraction of sp³-hybridized carbons (Fsp3) is 0.562. The molecule has 1 fully saturated rings. The minimum Gasteiger partial charge on any atom is -0.368 e. The minimum atomic E-state index is -3.51. The van der Waals surface area contributed by atoms with Gasteiger partial charge in [0.1, 0.15) is 6.10 Å². The molecular weight excluding hydrogens is 316 g/mol. The Balaban J connectivity index is 1.98. The van der Waals surface area contributed by atoms with Crippen LogP contribution in [-0.2, 0) is 26.0 Å². The Morgan fingerprint density at radius 2 is 2.09 bits per heavy atom. The lowest BCUT2D eigenvalue weighted by atomic mass is 10.0. The SMILES string of the molecule is CN(C)S(=O)(=O)c1ccc2c(c1)N(C(=O)[C@@H]1CCCO1)CCC2. The smallest absolute Gasteiger partial charge is 0.256 e. The van der Waals surface area contributed by atoms with Crippen molar-refractivity contribution in [2.45, 2.75) is 36.7 Å². The zero-order valence-corrected chi connectivity index (χ0v) is 14.3. The quantitative estimate of drug-likeness (QED) is 0.835. The van der Waals surface area contributed by atoms with E-state index in [-0.39, 0.29) is 10.8 Å². The molecule has 2 aliphatic rings. The molecule has 0 bridgehead atoms. The van der Waals surface area contributed by atoms with Gasteiger partial charge in [-0.05, 0) is 43.4 Å². The highest BCUT2D eigenvalue weighted by molar-refractivity contribution is 7.89. The van der Waals surface area contributed by atoms with Crippen LogP contribution in [0.5, 0.6) is 0 Å². The lowest BCUT2D eigenvalue weighted by Gasteiger charge is -2.31. The molecule has 0 spiro atoms. The Morgan fingerprint density at radius 1 is 1.30 bits per heavy atom. The lowest BCUT2D eigenvalue weighted by Crippen LogP contribution is -2.42. The van der Waals surface area contributed by atoms with Crippen molar-refractivity contribution in [1.82, 2.24) is 4.31 Å². The van der Waals surface area contributed by atoms with E-state index in [9.17, 15) is 13.2 Å². The fourth-order valence-electron chi connectivity index (χ4n) is 3.10. The van der Waals surface area contributed by atoms with Crippen molar-refractivity contribution in [3.63, 3.8) is 0 Å². The lowest BCUT2D eigenvalue weighted by molar-refractivity contribution is -0.127. The molecule has 6 nitrogen and oxygen atoms in total. The van der Waals surface area contributed by atoms with E-state index in [0.717, 1.165) is 31.2 Å². The van der Waals surface area contributed by atoms with Gasteiger partial charge in [-0.1, -0.05) is 6.07 Å². The second kappa shape index (κ2) is 6.22. The third-order valence-corrected chi connectivity index (χ3v) is 6.24. The predicted octanol–water partition coefficient (Wildman–Crippen LogP) is 1.40. The summed E-state index contributed by atoms with van der Waals surface area (Å²) in [5, 5.41) is 0. The first-order valence-electron chi connectivity index (χ1n) is 7.89. The fourth-order valence-corrected chi connectivity index (χ4v) is 4.02. The Hall–Kier alpha value is -1.44. The average Bonchev–Trinajstić information content (AvgIpc) is 3.07. The minimum absolute atomic E-state index is 0.0529. The molecule has 0 radical (unpaired) electrons. The standard InChI is InChI=1S/C16H22N2O4S/c1-17(2)23(20,21)13-8-7-12-5-3-9-18(14(12)11-13)16(19)15-6-4-10-22-15/h7-8,11,15H,3-6,9-10H2,1-2H3/t15-/m0/s1. The zero-order valence-electron chi connectivity index (χ0n) is 13.5. The first kappa shape index (κ1) is 16.4. The van der Waals surface area contributed by atoms with E-state index in [1.807, 2.05) is 6.07 Å². The molecule has 0 N–H and O–H groups in total. The number of carbonyl (C=O) groups is 1. The van der Waals surface area contributed by atoms with Gasteiger partial charge in [-0.15, -0.1) is 0 Å². The van der Waals surface area contributed by atoms with Crippen molar-refractivity contribution in [3.8, 4) is 0 Å². The van der Waals surface area contributed by atoms with Gasteiger partial charge in [0.15, 0.2) is 0 Å². The Morgan fingerprint density at radius 3 is 2.74 bits per heavy atom. The molecule has 0 aliphatic carbocycles. The molecule has 2 aliphatic heterocycles. The number of ether oxygens (including phenoxy) is 1. The highest BCUT2D eigenvalue weighted by Gasteiger charge is 2.32. The number of rotatable bonds is 3. The zero-order chi connectivity index (χ0) is 16.6. The molecule has 0 aromatic heterocycles. The van der Waals surface area contributed by atoms with Gasteiger partial charge in [0.25, 0.3) is 5.91 Å².